The highest BCUT2D eigenvalue weighted by atomic mass is 32.2. The van der Waals surface area contributed by atoms with Crippen molar-refractivity contribution in [3.8, 4) is 5.75 Å². The molecule has 0 amide bonds. The predicted molar refractivity (Wildman–Crippen MR) is 82.5 cm³/mol. The van der Waals surface area contributed by atoms with Crippen molar-refractivity contribution in [3.05, 3.63) is 60.2 Å². The minimum atomic E-state index is -1.03. The fourth-order valence-corrected chi connectivity index (χ4v) is 3.34. The molecule has 0 fully saturated rings. The maximum Gasteiger partial charge on any atom is 0.119 e. The second-order valence-corrected chi connectivity index (χ2v) is 5.94. The van der Waals surface area contributed by atoms with E-state index in [1.807, 2.05) is 61.6 Å². The van der Waals surface area contributed by atoms with Crippen LogP contribution in [-0.4, -0.2) is 24.1 Å². The quantitative estimate of drug-likeness (QED) is 0.888. The summed E-state index contributed by atoms with van der Waals surface area (Å²) < 4.78 is 17.6. The van der Waals surface area contributed by atoms with Gasteiger partial charge in [0, 0.05) is 16.7 Å². The molecule has 2 rings (SSSR count). The Kier molecular flexibility index (Phi) is 5.32. The van der Waals surface area contributed by atoms with E-state index in [-0.39, 0.29) is 6.04 Å². The monoisotopic (exact) mass is 289 g/mol. The molecule has 106 valence electrons. The summed E-state index contributed by atoms with van der Waals surface area (Å²) in [6.07, 6.45) is 0. The molecule has 2 aromatic carbocycles. The van der Waals surface area contributed by atoms with Gasteiger partial charge in [-0.2, -0.15) is 0 Å². The van der Waals surface area contributed by atoms with Gasteiger partial charge in [-0.15, -0.1) is 0 Å². The highest BCUT2D eigenvalue weighted by Gasteiger charge is 2.14. The Balaban J connectivity index is 2.14. The van der Waals surface area contributed by atoms with E-state index in [4.69, 9.17) is 4.74 Å². The van der Waals surface area contributed by atoms with Gasteiger partial charge in [0.05, 0.1) is 17.9 Å². The van der Waals surface area contributed by atoms with Gasteiger partial charge in [0.2, 0.25) is 0 Å². The van der Waals surface area contributed by atoms with E-state index in [0.717, 1.165) is 16.2 Å². The van der Waals surface area contributed by atoms with Crippen LogP contribution < -0.4 is 10.1 Å². The number of hydrogen-bond acceptors (Lipinski definition) is 3. The lowest BCUT2D eigenvalue weighted by Gasteiger charge is -2.17. The fraction of sp³-hybridized carbons (Fsp3) is 0.250. The van der Waals surface area contributed by atoms with Crippen molar-refractivity contribution in [2.24, 2.45) is 0 Å². The van der Waals surface area contributed by atoms with E-state index in [0.29, 0.717) is 5.75 Å². The van der Waals surface area contributed by atoms with Gasteiger partial charge >= 0.3 is 0 Å². The van der Waals surface area contributed by atoms with Crippen molar-refractivity contribution in [3.63, 3.8) is 0 Å². The van der Waals surface area contributed by atoms with Gasteiger partial charge in [-0.25, -0.2) is 0 Å². The lowest BCUT2D eigenvalue weighted by atomic mass is 10.1. The molecule has 0 heterocycles. The molecule has 0 radical (unpaired) electrons. The molecule has 0 aromatic heterocycles. The van der Waals surface area contributed by atoms with Crippen LogP contribution in [0.25, 0.3) is 0 Å². The van der Waals surface area contributed by atoms with Gasteiger partial charge in [-0.3, -0.25) is 4.21 Å². The minimum Gasteiger partial charge on any atom is -0.497 e. The lowest BCUT2D eigenvalue weighted by Crippen LogP contribution is -2.22. The fourth-order valence-electron chi connectivity index (χ4n) is 2.02. The average molecular weight is 289 g/mol. The number of nitrogens with one attached hydrogen (secondary N) is 1. The third kappa shape index (κ3) is 3.68. The van der Waals surface area contributed by atoms with Crippen molar-refractivity contribution in [2.45, 2.75) is 10.9 Å². The van der Waals surface area contributed by atoms with Crippen LogP contribution in [0, 0.1) is 0 Å². The van der Waals surface area contributed by atoms with Crippen molar-refractivity contribution >= 4 is 10.8 Å². The van der Waals surface area contributed by atoms with Crippen LogP contribution in [0.1, 0.15) is 11.6 Å². The number of hydrogen-bond donors (Lipinski definition) is 1. The molecule has 1 N–H and O–H groups in total. The zero-order valence-electron chi connectivity index (χ0n) is 11.7. The molecule has 0 spiro atoms. The standard InChI is InChI=1S/C16H19NO2S/c1-17-16(13-7-6-8-14(11-13)19-2)12-20(18)15-9-4-3-5-10-15/h3-11,16-17H,12H2,1-2H3. The molecule has 0 aliphatic rings. The van der Waals surface area contributed by atoms with Gasteiger partial charge in [-0.1, -0.05) is 30.3 Å². The average Bonchev–Trinajstić information content (AvgIpc) is 2.53. The summed E-state index contributed by atoms with van der Waals surface area (Å²) in [7, 11) is 2.50. The first-order valence-electron chi connectivity index (χ1n) is 6.49. The number of methoxy groups -OCH3 is 1. The Hall–Kier alpha value is -1.65. The second-order valence-electron chi connectivity index (χ2n) is 4.44. The first kappa shape index (κ1) is 14.8. The normalized spacial score (nSPS) is 13.7. The molecule has 20 heavy (non-hydrogen) atoms. The molecule has 3 nitrogen and oxygen atoms in total. The number of ether oxygens (including phenoxy) is 1. The third-order valence-electron chi connectivity index (χ3n) is 3.17. The topological polar surface area (TPSA) is 38.3 Å². The molecule has 0 saturated carbocycles. The Morgan fingerprint density at radius 3 is 2.55 bits per heavy atom. The smallest absolute Gasteiger partial charge is 0.119 e. The summed E-state index contributed by atoms with van der Waals surface area (Å²) in [5.41, 5.74) is 1.08. The van der Waals surface area contributed by atoms with Crippen LogP contribution in [0.2, 0.25) is 0 Å². The van der Waals surface area contributed by atoms with Gasteiger partial charge < -0.3 is 10.1 Å². The van der Waals surface area contributed by atoms with Gasteiger partial charge in [0.15, 0.2) is 0 Å². The first-order valence-corrected chi connectivity index (χ1v) is 7.81. The molecule has 2 atom stereocenters. The second kappa shape index (κ2) is 7.22. The zero-order chi connectivity index (χ0) is 14.4. The summed E-state index contributed by atoms with van der Waals surface area (Å²) >= 11 is 0. The first-order chi connectivity index (χ1) is 9.74. The Morgan fingerprint density at radius 2 is 1.90 bits per heavy atom. The molecule has 4 heteroatoms. The van der Waals surface area contributed by atoms with Crippen molar-refractivity contribution < 1.29 is 8.95 Å². The molecule has 0 aliphatic heterocycles. The van der Waals surface area contributed by atoms with Crippen LogP contribution in [0.15, 0.2) is 59.5 Å². The van der Waals surface area contributed by atoms with E-state index in [1.165, 1.54) is 0 Å². The highest BCUT2D eigenvalue weighted by molar-refractivity contribution is 7.85. The van der Waals surface area contributed by atoms with Gasteiger partial charge in [0.25, 0.3) is 0 Å². The van der Waals surface area contributed by atoms with Crippen LogP contribution in [0.5, 0.6) is 5.75 Å². The molecular weight excluding hydrogens is 270 g/mol. The van der Waals surface area contributed by atoms with Crippen LogP contribution in [0.4, 0.5) is 0 Å². The number of rotatable bonds is 6. The molecule has 0 bridgehead atoms. The van der Waals surface area contributed by atoms with Crippen LogP contribution >= 0.6 is 0 Å². The van der Waals surface area contributed by atoms with E-state index in [2.05, 4.69) is 5.32 Å². The Bertz CT molecular complexity index is 572. The Morgan fingerprint density at radius 1 is 1.15 bits per heavy atom. The number of benzene rings is 2. The van der Waals surface area contributed by atoms with Gasteiger partial charge in [0.1, 0.15) is 5.75 Å². The maximum absolute atomic E-state index is 12.4. The summed E-state index contributed by atoms with van der Waals surface area (Å²) in [5, 5.41) is 3.22. The molecule has 0 aliphatic carbocycles. The van der Waals surface area contributed by atoms with Gasteiger partial charge in [-0.05, 0) is 36.9 Å². The molecule has 2 unspecified atom stereocenters. The minimum absolute atomic E-state index is 0.0335. The maximum atomic E-state index is 12.4. The predicted octanol–water partition coefficient (Wildman–Crippen LogP) is 2.76. The highest BCUT2D eigenvalue weighted by Crippen LogP contribution is 2.21. The SMILES string of the molecule is CNC(CS(=O)c1ccccc1)c1cccc(OC)c1. The van der Waals surface area contributed by atoms with E-state index >= 15 is 0 Å². The van der Waals surface area contributed by atoms with Crippen molar-refractivity contribution in [1.82, 2.24) is 5.32 Å². The van der Waals surface area contributed by atoms with E-state index in [1.54, 1.807) is 7.11 Å². The summed E-state index contributed by atoms with van der Waals surface area (Å²) in [6.45, 7) is 0. The molecular formula is C16H19NO2S. The summed E-state index contributed by atoms with van der Waals surface area (Å²) in [4.78, 5) is 0.857. The van der Waals surface area contributed by atoms with Crippen LogP contribution in [-0.2, 0) is 10.8 Å². The molecule has 0 saturated heterocycles. The summed E-state index contributed by atoms with van der Waals surface area (Å²) in [6, 6.07) is 17.4. The Labute approximate surface area is 122 Å². The zero-order valence-corrected chi connectivity index (χ0v) is 12.5. The van der Waals surface area contributed by atoms with E-state index in [9.17, 15) is 4.21 Å². The molecule has 2 aromatic rings. The third-order valence-corrected chi connectivity index (χ3v) is 4.60. The van der Waals surface area contributed by atoms with Crippen molar-refractivity contribution in [1.29, 1.82) is 0 Å². The van der Waals surface area contributed by atoms with Crippen LogP contribution in [0.3, 0.4) is 0 Å². The summed E-state index contributed by atoms with van der Waals surface area (Å²) in [5.74, 6) is 1.35. The van der Waals surface area contributed by atoms with Crippen molar-refractivity contribution in [2.75, 3.05) is 19.9 Å². The lowest BCUT2D eigenvalue weighted by molar-refractivity contribution is 0.413. The van der Waals surface area contributed by atoms with E-state index < -0.39 is 10.8 Å². The largest absolute Gasteiger partial charge is 0.497 e.